The topological polar surface area (TPSA) is 86.2 Å². The van der Waals surface area contributed by atoms with Crippen molar-refractivity contribution in [3.63, 3.8) is 0 Å². The van der Waals surface area contributed by atoms with E-state index in [4.69, 9.17) is 37.4 Å². The van der Waals surface area contributed by atoms with Gasteiger partial charge >= 0.3 is 5.97 Å². The van der Waals surface area contributed by atoms with Crippen molar-refractivity contribution in [1.29, 1.82) is 0 Å². The number of hydrogen-bond acceptors (Lipinski definition) is 6. The number of halogens is 2. The van der Waals surface area contributed by atoms with Crippen LogP contribution in [0.3, 0.4) is 0 Å². The smallest absolute Gasteiger partial charge is 0.345 e. The van der Waals surface area contributed by atoms with E-state index in [9.17, 15) is 9.59 Å². The lowest BCUT2D eigenvalue weighted by Crippen LogP contribution is -2.17. The van der Waals surface area contributed by atoms with Gasteiger partial charge in [0.2, 0.25) is 0 Å². The molecule has 0 atom stereocenters. The van der Waals surface area contributed by atoms with E-state index in [0.29, 0.717) is 34.3 Å². The van der Waals surface area contributed by atoms with Crippen molar-refractivity contribution in [3.05, 3.63) is 87.4 Å². The van der Waals surface area contributed by atoms with Crippen LogP contribution >= 0.6 is 23.2 Å². The number of hydrazone groups is 1. The third kappa shape index (κ3) is 6.47. The van der Waals surface area contributed by atoms with E-state index in [1.54, 1.807) is 62.6 Å². The van der Waals surface area contributed by atoms with Gasteiger partial charge in [0, 0.05) is 10.6 Å². The molecule has 1 N–H and O–H groups in total. The predicted molar refractivity (Wildman–Crippen MR) is 127 cm³/mol. The first-order valence-corrected chi connectivity index (χ1v) is 10.6. The van der Waals surface area contributed by atoms with E-state index in [1.165, 1.54) is 18.3 Å². The SMILES string of the molecule is CCOc1cc(/C=N\NC(=O)c2ccc(OC)cc2)ccc1OC(=O)c1ccc(Cl)cc1Cl. The molecule has 0 fully saturated rings. The molecule has 0 heterocycles. The summed E-state index contributed by atoms with van der Waals surface area (Å²) < 4.78 is 16.1. The summed E-state index contributed by atoms with van der Waals surface area (Å²) in [5.74, 6) is 0.182. The predicted octanol–water partition coefficient (Wildman–Crippen LogP) is 5.38. The Labute approximate surface area is 200 Å². The number of benzene rings is 3. The molecule has 0 aromatic heterocycles. The van der Waals surface area contributed by atoms with E-state index < -0.39 is 5.97 Å². The molecular weight excluding hydrogens is 467 g/mol. The molecule has 1 amide bonds. The molecule has 0 aliphatic carbocycles. The fraction of sp³-hybridized carbons (Fsp3) is 0.125. The molecule has 0 bridgehead atoms. The van der Waals surface area contributed by atoms with Gasteiger partial charge in [0.15, 0.2) is 11.5 Å². The van der Waals surface area contributed by atoms with Gasteiger partial charge < -0.3 is 14.2 Å². The van der Waals surface area contributed by atoms with Gasteiger partial charge in [-0.3, -0.25) is 4.79 Å². The Morgan fingerprint density at radius 2 is 1.76 bits per heavy atom. The van der Waals surface area contributed by atoms with Crippen LogP contribution in [0.5, 0.6) is 17.2 Å². The summed E-state index contributed by atoms with van der Waals surface area (Å²) in [6, 6.07) is 16.0. The van der Waals surface area contributed by atoms with Crippen LogP contribution in [0.4, 0.5) is 0 Å². The largest absolute Gasteiger partial charge is 0.497 e. The number of carbonyl (C=O) groups excluding carboxylic acids is 2. The average Bonchev–Trinajstić information content (AvgIpc) is 2.80. The molecule has 33 heavy (non-hydrogen) atoms. The van der Waals surface area contributed by atoms with Gasteiger partial charge in [0.05, 0.1) is 30.5 Å². The third-order valence-corrected chi connectivity index (χ3v) is 4.90. The van der Waals surface area contributed by atoms with Crippen LogP contribution in [0.2, 0.25) is 10.0 Å². The molecule has 7 nitrogen and oxygen atoms in total. The summed E-state index contributed by atoms with van der Waals surface area (Å²) in [6.07, 6.45) is 1.45. The Hall–Kier alpha value is -3.55. The van der Waals surface area contributed by atoms with Crippen molar-refractivity contribution < 1.29 is 23.8 Å². The van der Waals surface area contributed by atoms with Crippen LogP contribution in [0.1, 0.15) is 33.2 Å². The molecule has 0 unspecified atom stereocenters. The summed E-state index contributed by atoms with van der Waals surface area (Å²) in [5.41, 5.74) is 3.69. The van der Waals surface area contributed by atoms with Gasteiger partial charge in [-0.05, 0) is 73.2 Å². The zero-order chi connectivity index (χ0) is 23.8. The lowest BCUT2D eigenvalue weighted by Gasteiger charge is -2.12. The lowest BCUT2D eigenvalue weighted by molar-refractivity contribution is 0.0728. The molecule has 0 radical (unpaired) electrons. The van der Waals surface area contributed by atoms with Gasteiger partial charge in [-0.15, -0.1) is 0 Å². The lowest BCUT2D eigenvalue weighted by atomic mass is 10.2. The van der Waals surface area contributed by atoms with E-state index in [-0.39, 0.29) is 22.2 Å². The monoisotopic (exact) mass is 486 g/mol. The number of hydrogen-bond donors (Lipinski definition) is 1. The summed E-state index contributed by atoms with van der Waals surface area (Å²) in [4.78, 5) is 24.7. The van der Waals surface area contributed by atoms with Crippen LogP contribution in [-0.4, -0.2) is 31.8 Å². The maximum atomic E-state index is 12.5. The normalized spacial score (nSPS) is 10.7. The Morgan fingerprint density at radius 3 is 2.42 bits per heavy atom. The van der Waals surface area contributed by atoms with Gasteiger partial charge in [-0.25, -0.2) is 10.2 Å². The molecule has 0 spiro atoms. The van der Waals surface area contributed by atoms with Crippen molar-refractivity contribution in [3.8, 4) is 17.2 Å². The number of rotatable bonds is 8. The van der Waals surface area contributed by atoms with E-state index in [0.717, 1.165) is 0 Å². The average molecular weight is 487 g/mol. The highest BCUT2D eigenvalue weighted by atomic mass is 35.5. The second kappa shape index (κ2) is 11.4. The van der Waals surface area contributed by atoms with Crippen LogP contribution in [0.25, 0.3) is 0 Å². The van der Waals surface area contributed by atoms with E-state index in [1.807, 2.05) is 0 Å². The molecule has 0 saturated heterocycles. The van der Waals surface area contributed by atoms with E-state index in [2.05, 4.69) is 10.5 Å². The molecule has 0 aliphatic heterocycles. The highest BCUT2D eigenvalue weighted by molar-refractivity contribution is 6.36. The quantitative estimate of drug-likeness (QED) is 0.200. The zero-order valence-electron chi connectivity index (χ0n) is 17.8. The third-order valence-electron chi connectivity index (χ3n) is 4.35. The highest BCUT2D eigenvalue weighted by Gasteiger charge is 2.16. The summed E-state index contributed by atoms with van der Waals surface area (Å²) in [6.45, 7) is 2.15. The van der Waals surface area contributed by atoms with Crippen molar-refractivity contribution in [2.45, 2.75) is 6.92 Å². The minimum absolute atomic E-state index is 0.176. The Bertz CT molecular complexity index is 1180. The maximum Gasteiger partial charge on any atom is 0.345 e. The fourth-order valence-electron chi connectivity index (χ4n) is 2.74. The van der Waals surface area contributed by atoms with Gasteiger partial charge in [0.25, 0.3) is 5.91 Å². The molecule has 170 valence electrons. The molecule has 9 heteroatoms. The molecule has 0 aliphatic rings. The standard InChI is InChI=1S/C24H20Cl2N2O5/c1-3-32-22-12-15(14-27-28-23(29)16-5-8-18(31-2)9-6-16)4-11-21(22)33-24(30)19-10-7-17(25)13-20(19)26/h4-14H,3H2,1-2H3,(H,28,29)/b27-14-. The van der Waals surface area contributed by atoms with Crippen molar-refractivity contribution in [2.24, 2.45) is 5.10 Å². The maximum absolute atomic E-state index is 12.5. The summed E-state index contributed by atoms with van der Waals surface area (Å²) in [5, 5.41) is 4.56. The number of nitrogens with zero attached hydrogens (tertiary/aromatic N) is 1. The number of nitrogens with one attached hydrogen (secondary N) is 1. The first kappa shape index (κ1) is 24.1. The number of ether oxygens (including phenoxy) is 3. The second-order valence-corrected chi connectivity index (χ2v) is 7.42. The van der Waals surface area contributed by atoms with Crippen LogP contribution in [-0.2, 0) is 0 Å². The molecular formula is C24H20Cl2N2O5. The molecule has 3 aromatic rings. The highest BCUT2D eigenvalue weighted by Crippen LogP contribution is 2.30. The summed E-state index contributed by atoms with van der Waals surface area (Å²) in [7, 11) is 1.55. The number of methoxy groups -OCH3 is 1. The van der Waals surface area contributed by atoms with Crippen LogP contribution in [0, 0.1) is 0 Å². The second-order valence-electron chi connectivity index (χ2n) is 6.58. The molecule has 3 rings (SSSR count). The van der Waals surface area contributed by atoms with Crippen molar-refractivity contribution >= 4 is 41.3 Å². The Kier molecular flexibility index (Phi) is 8.29. The van der Waals surface area contributed by atoms with Gasteiger partial charge in [-0.1, -0.05) is 23.2 Å². The molecule has 3 aromatic carbocycles. The number of esters is 1. The minimum Gasteiger partial charge on any atom is -0.497 e. The Morgan fingerprint density at radius 1 is 1.00 bits per heavy atom. The van der Waals surface area contributed by atoms with Gasteiger partial charge in [-0.2, -0.15) is 5.10 Å². The number of carbonyl (C=O) groups is 2. The van der Waals surface area contributed by atoms with Crippen molar-refractivity contribution in [1.82, 2.24) is 5.43 Å². The minimum atomic E-state index is -0.647. The number of amides is 1. The van der Waals surface area contributed by atoms with Gasteiger partial charge in [0.1, 0.15) is 5.75 Å². The molecule has 0 saturated carbocycles. The van der Waals surface area contributed by atoms with Crippen molar-refractivity contribution in [2.75, 3.05) is 13.7 Å². The Balaban J connectivity index is 1.70. The first-order chi connectivity index (χ1) is 15.9. The zero-order valence-corrected chi connectivity index (χ0v) is 19.3. The van der Waals surface area contributed by atoms with Crippen LogP contribution in [0.15, 0.2) is 65.8 Å². The fourth-order valence-corrected chi connectivity index (χ4v) is 3.23. The first-order valence-electron chi connectivity index (χ1n) is 9.82. The summed E-state index contributed by atoms with van der Waals surface area (Å²) >= 11 is 12.0. The van der Waals surface area contributed by atoms with E-state index >= 15 is 0 Å². The van der Waals surface area contributed by atoms with Crippen LogP contribution < -0.4 is 19.6 Å².